The van der Waals surface area contributed by atoms with Gasteiger partial charge in [-0.1, -0.05) is 0 Å². The van der Waals surface area contributed by atoms with Gasteiger partial charge in [-0.05, 0) is 36.4 Å². The molecule has 0 saturated heterocycles. The Balaban J connectivity index is 2.15. The lowest BCUT2D eigenvalue weighted by Crippen LogP contribution is -1.99. The predicted octanol–water partition coefficient (Wildman–Crippen LogP) is 1.73. The molecule has 0 heterocycles. The average Bonchev–Trinajstić information content (AvgIpc) is 2.55. The van der Waals surface area contributed by atoms with Crippen molar-refractivity contribution in [1.29, 1.82) is 0 Å². The summed E-state index contributed by atoms with van der Waals surface area (Å²) in [5.74, 6) is -0.777. The summed E-state index contributed by atoms with van der Waals surface area (Å²) in [6.45, 7) is 0. The fourth-order valence-corrected chi connectivity index (χ4v) is 2.73. The molecule has 0 aliphatic carbocycles. The molecule has 12 nitrogen and oxygen atoms in total. The molecule has 0 aliphatic rings. The lowest BCUT2D eigenvalue weighted by Gasteiger charge is -2.04. The van der Waals surface area contributed by atoms with E-state index in [0.717, 1.165) is 42.7 Å². The molecule has 5 N–H and O–H groups in total. The van der Waals surface area contributed by atoms with Crippen LogP contribution in [0.5, 0.6) is 11.5 Å². The first-order valence-electron chi connectivity index (χ1n) is 6.78. The van der Waals surface area contributed by atoms with Crippen LogP contribution in [0.2, 0.25) is 0 Å². The lowest BCUT2D eigenvalue weighted by atomic mass is 10.3. The van der Waals surface area contributed by atoms with E-state index in [2.05, 4.69) is 20.8 Å². The molecule has 0 bridgehead atoms. The Morgan fingerprint density at radius 2 is 1.41 bits per heavy atom. The van der Waals surface area contributed by atoms with Gasteiger partial charge in [-0.15, -0.1) is 10.2 Å². The second-order valence-corrected chi connectivity index (χ2v) is 7.69. The van der Waals surface area contributed by atoms with Crippen LogP contribution in [-0.4, -0.2) is 42.5 Å². The highest BCUT2D eigenvalue weighted by Gasteiger charge is 2.13. The highest BCUT2D eigenvalue weighted by molar-refractivity contribution is 7.86. The van der Waals surface area contributed by atoms with Crippen molar-refractivity contribution in [1.82, 2.24) is 0 Å². The third-order valence-electron chi connectivity index (χ3n) is 2.97. The van der Waals surface area contributed by atoms with Gasteiger partial charge < -0.3 is 10.2 Å². The molecule has 14 heteroatoms. The van der Waals surface area contributed by atoms with Crippen molar-refractivity contribution in [2.45, 2.75) is 9.79 Å². The molecule has 0 atom stereocenters. The topological polar surface area (TPSA) is 198 Å². The van der Waals surface area contributed by atoms with Gasteiger partial charge in [0.2, 0.25) is 0 Å². The Morgan fingerprint density at radius 1 is 0.852 bits per heavy atom. The molecule has 0 radical (unpaired) electrons. The van der Waals surface area contributed by atoms with Crippen LogP contribution in [0.15, 0.2) is 61.5 Å². The number of aromatic hydroxyl groups is 2. The molecule has 0 unspecified atom stereocenters. The molecular formula is C13H12N4O8S2. The van der Waals surface area contributed by atoms with Crippen LogP contribution in [0, 0.1) is 0 Å². The van der Waals surface area contributed by atoms with Crippen molar-refractivity contribution in [2.24, 2.45) is 15.3 Å². The number of hydrazone groups is 1. The van der Waals surface area contributed by atoms with Crippen LogP contribution in [0.4, 0.5) is 11.4 Å². The number of phenols is 2. The maximum atomic E-state index is 11.0. The Kier molecular flexibility index (Phi) is 5.75. The first-order valence-corrected chi connectivity index (χ1v) is 9.66. The molecule has 144 valence electrons. The minimum Gasteiger partial charge on any atom is -0.506 e. The van der Waals surface area contributed by atoms with E-state index in [1.54, 1.807) is 0 Å². The van der Waals surface area contributed by atoms with Crippen molar-refractivity contribution in [3.8, 4) is 11.5 Å². The Morgan fingerprint density at radius 3 is 2.00 bits per heavy atom. The van der Waals surface area contributed by atoms with Crippen LogP contribution >= 0.6 is 0 Å². The summed E-state index contributed by atoms with van der Waals surface area (Å²) in [6, 6.07) is 5.74. The van der Waals surface area contributed by atoms with E-state index in [1.807, 2.05) is 0 Å². The fraction of sp³-hybridized carbons (Fsp3) is 0. The molecule has 27 heavy (non-hydrogen) atoms. The van der Waals surface area contributed by atoms with Gasteiger partial charge in [0, 0.05) is 0 Å². The van der Waals surface area contributed by atoms with Gasteiger partial charge in [0.15, 0.2) is 6.34 Å². The molecule has 2 rings (SSSR count). The largest absolute Gasteiger partial charge is 0.506 e. The fourth-order valence-electron chi connectivity index (χ4n) is 1.72. The number of azo groups is 1. The van der Waals surface area contributed by atoms with Gasteiger partial charge in [-0.3, -0.25) is 14.5 Å². The van der Waals surface area contributed by atoms with E-state index in [-0.39, 0.29) is 17.1 Å². The highest BCUT2D eigenvalue weighted by atomic mass is 32.2. The van der Waals surface area contributed by atoms with Gasteiger partial charge in [-0.2, -0.15) is 21.9 Å². The first-order chi connectivity index (χ1) is 12.5. The summed E-state index contributed by atoms with van der Waals surface area (Å²) in [7, 11) is -8.97. The summed E-state index contributed by atoms with van der Waals surface area (Å²) < 4.78 is 62.1. The number of nitrogens with one attached hydrogen (secondary N) is 1. The van der Waals surface area contributed by atoms with Gasteiger partial charge >= 0.3 is 0 Å². The van der Waals surface area contributed by atoms with Gasteiger partial charge in [0.1, 0.15) is 17.2 Å². The summed E-state index contributed by atoms with van der Waals surface area (Å²) in [5.41, 5.74) is 1.82. The maximum Gasteiger partial charge on any atom is 0.294 e. The number of nitrogens with zero attached hydrogens (tertiary/aromatic N) is 3. The number of phenolic OH excluding ortho intramolecular Hbond substituents is 2. The zero-order valence-corrected chi connectivity index (χ0v) is 14.8. The Labute approximate surface area is 153 Å². The molecule has 0 aliphatic heterocycles. The quantitative estimate of drug-likeness (QED) is 0.116. The lowest BCUT2D eigenvalue weighted by molar-refractivity contribution is 0.472. The number of anilines is 1. The zero-order chi connectivity index (χ0) is 20.2. The number of hydrogen-bond donors (Lipinski definition) is 5. The predicted molar refractivity (Wildman–Crippen MR) is 92.5 cm³/mol. The third kappa shape index (κ3) is 5.45. The molecule has 2 aromatic carbocycles. The van der Waals surface area contributed by atoms with E-state index < -0.39 is 35.8 Å². The van der Waals surface area contributed by atoms with E-state index in [1.165, 1.54) is 0 Å². The summed E-state index contributed by atoms with van der Waals surface area (Å²) in [5, 5.41) is 29.6. The van der Waals surface area contributed by atoms with Crippen molar-refractivity contribution in [2.75, 3.05) is 5.43 Å². The smallest absolute Gasteiger partial charge is 0.294 e. The van der Waals surface area contributed by atoms with Crippen LogP contribution in [0.25, 0.3) is 0 Å². The van der Waals surface area contributed by atoms with E-state index in [0.29, 0.717) is 0 Å². The minimum absolute atomic E-state index is 0.159. The third-order valence-corrected chi connectivity index (χ3v) is 4.67. The van der Waals surface area contributed by atoms with Crippen LogP contribution < -0.4 is 5.43 Å². The monoisotopic (exact) mass is 416 g/mol. The molecule has 0 spiro atoms. The Bertz CT molecular complexity index is 1130. The van der Waals surface area contributed by atoms with Crippen LogP contribution in [0.1, 0.15) is 0 Å². The Hall–Kier alpha value is -3.07. The van der Waals surface area contributed by atoms with Crippen molar-refractivity contribution >= 4 is 37.9 Å². The summed E-state index contributed by atoms with van der Waals surface area (Å²) in [6.07, 6.45) is 0.805. The van der Waals surface area contributed by atoms with Gasteiger partial charge in [0.05, 0.1) is 15.5 Å². The van der Waals surface area contributed by atoms with Gasteiger partial charge in [0.25, 0.3) is 20.2 Å². The standard InChI is InChI=1S/C13H12N4O8S2/c18-12-3-1-8(26(20,21)22)5-10(12)16-14-7-15-17-11-6-9(27(23,24)25)2-4-13(11)19/h1-7,16,18-19H,(H,20,21,22)(H,23,24,25)/b14-7+,17-15?. The number of benzene rings is 2. The normalized spacial score (nSPS) is 12.7. The minimum atomic E-state index is -4.49. The van der Waals surface area contributed by atoms with E-state index in [9.17, 15) is 27.0 Å². The molecule has 0 aromatic heterocycles. The SMILES string of the molecule is O=S(=O)(O)c1ccc(O)c(N=N/C=N/Nc2cc(S(=O)(=O)O)ccc2O)c1. The molecule has 0 saturated carbocycles. The maximum absolute atomic E-state index is 11.0. The molecule has 0 amide bonds. The van der Waals surface area contributed by atoms with Crippen LogP contribution in [-0.2, 0) is 20.2 Å². The molecular weight excluding hydrogens is 404 g/mol. The second-order valence-electron chi connectivity index (χ2n) is 4.85. The van der Waals surface area contributed by atoms with Crippen molar-refractivity contribution in [3.63, 3.8) is 0 Å². The van der Waals surface area contributed by atoms with Gasteiger partial charge in [-0.25, -0.2) is 0 Å². The summed E-state index contributed by atoms with van der Waals surface area (Å²) >= 11 is 0. The molecule has 2 aromatic rings. The first kappa shape index (κ1) is 20.2. The van der Waals surface area contributed by atoms with E-state index >= 15 is 0 Å². The number of hydrogen-bond acceptors (Lipinski definition) is 9. The zero-order valence-electron chi connectivity index (χ0n) is 13.1. The van der Waals surface area contributed by atoms with E-state index in [4.69, 9.17) is 9.11 Å². The molecule has 0 fully saturated rings. The van der Waals surface area contributed by atoms with Crippen LogP contribution in [0.3, 0.4) is 0 Å². The number of rotatable bonds is 6. The van der Waals surface area contributed by atoms with Crippen molar-refractivity contribution < 1.29 is 36.2 Å². The van der Waals surface area contributed by atoms with Crippen molar-refractivity contribution in [3.05, 3.63) is 36.4 Å². The average molecular weight is 416 g/mol. The summed E-state index contributed by atoms with van der Waals surface area (Å²) in [4.78, 5) is -0.983. The second kappa shape index (κ2) is 7.67. The highest BCUT2D eigenvalue weighted by Crippen LogP contribution is 2.29.